The summed E-state index contributed by atoms with van der Waals surface area (Å²) in [7, 11) is 1.54. The van der Waals surface area contributed by atoms with Gasteiger partial charge in [0.05, 0.1) is 12.2 Å². The van der Waals surface area contributed by atoms with Crippen molar-refractivity contribution in [2.45, 2.75) is 40.7 Å². The number of nitrogens with two attached hydrogens (primary N) is 1. The van der Waals surface area contributed by atoms with Crippen LogP contribution in [0.25, 0.3) is 0 Å². The number of urea groups is 1. The molecule has 150 valence electrons. The molecule has 1 aromatic heterocycles. The van der Waals surface area contributed by atoms with Gasteiger partial charge in [-0.15, -0.1) is 9.78 Å². The first-order chi connectivity index (χ1) is 13.0. The van der Waals surface area contributed by atoms with Gasteiger partial charge in [0, 0.05) is 12.6 Å². The predicted molar refractivity (Wildman–Crippen MR) is 102 cm³/mol. The van der Waals surface area contributed by atoms with Crippen LogP contribution in [0.3, 0.4) is 0 Å². The summed E-state index contributed by atoms with van der Waals surface area (Å²) < 4.78 is 3.56. The van der Waals surface area contributed by atoms with Gasteiger partial charge in [-0.1, -0.05) is 18.8 Å². The van der Waals surface area contributed by atoms with Gasteiger partial charge in [-0.25, -0.2) is 9.37 Å². The molecule has 0 bridgehead atoms. The van der Waals surface area contributed by atoms with E-state index < -0.39 is 30.4 Å². The van der Waals surface area contributed by atoms with Crippen LogP contribution in [0.5, 0.6) is 0 Å². The van der Waals surface area contributed by atoms with Gasteiger partial charge in [-0.3, -0.25) is 19.4 Å². The van der Waals surface area contributed by atoms with Gasteiger partial charge in [-0.05, 0) is 26.7 Å². The molecule has 1 aromatic rings. The highest BCUT2D eigenvalue weighted by Crippen LogP contribution is 2.22. The maximum atomic E-state index is 13.1. The summed E-state index contributed by atoms with van der Waals surface area (Å²) in [4.78, 5) is 43.9. The van der Waals surface area contributed by atoms with Crippen LogP contribution in [0.4, 0.5) is 4.79 Å². The molecule has 1 saturated heterocycles. The molecule has 2 aliphatic rings. The minimum atomic E-state index is -0.802. The number of aromatic nitrogens is 2. The van der Waals surface area contributed by atoms with Gasteiger partial charge in [-0.2, -0.15) is 0 Å². The summed E-state index contributed by atoms with van der Waals surface area (Å²) in [5.74, 6) is -0.201. The number of amides is 4. The Balaban J connectivity index is 2.17. The summed E-state index contributed by atoms with van der Waals surface area (Å²) >= 11 is 0. The molecule has 0 radical (unpaired) electrons. The van der Waals surface area contributed by atoms with E-state index in [2.05, 4.69) is 10.1 Å². The first-order valence-corrected chi connectivity index (χ1v) is 9.17. The number of carbonyl (C=O) groups excluding carboxylic acids is 3. The average molecular weight is 388 g/mol. The van der Waals surface area contributed by atoms with Crippen molar-refractivity contribution in [3.8, 4) is 0 Å². The van der Waals surface area contributed by atoms with E-state index in [4.69, 9.17) is 5.73 Å². The van der Waals surface area contributed by atoms with Crippen LogP contribution in [0.15, 0.2) is 4.99 Å². The van der Waals surface area contributed by atoms with Crippen LogP contribution >= 0.6 is 0 Å². The number of likely N-dealkylation sites (N-methyl/N-ethyl adjacent to an activating group) is 1. The zero-order valence-electron chi connectivity index (χ0n) is 17.1. The van der Waals surface area contributed by atoms with E-state index in [1.165, 1.54) is 11.9 Å². The number of nitrogens with zero attached hydrogens (tertiary/aromatic N) is 6. The number of amidine groups is 1. The number of primary amides is 1. The lowest BCUT2D eigenvalue weighted by Crippen LogP contribution is -2.64. The molecule has 0 aliphatic carbocycles. The molecule has 0 spiro atoms. The average Bonchev–Trinajstić information content (AvgIpc) is 3.09. The third-order valence-electron chi connectivity index (χ3n) is 5.11. The van der Waals surface area contributed by atoms with Crippen molar-refractivity contribution in [1.29, 1.82) is 0 Å². The Kier molecular flexibility index (Phi) is 4.82. The molecule has 0 saturated carbocycles. The normalized spacial score (nSPS) is 19.7. The smallest absolute Gasteiger partial charge is 0.368 e. The molecular formula is C18H26N7O3+. The largest absolute Gasteiger partial charge is 0.421 e. The van der Waals surface area contributed by atoms with Crippen molar-refractivity contribution < 1.29 is 19.0 Å². The Hall–Kier alpha value is -3.04. The second kappa shape index (κ2) is 6.84. The van der Waals surface area contributed by atoms with E-state index in [0.717, 1.165) is 21.9 Å². The highest BCUT2D eigenvalue weighted by atomic mass is 16.2. The minimum Gasteiger partial charge on any atom is -0.368 e. The topological polar surface area (TPSA) is 117 Å². The number of imide groups is 1. The van der Waals surface area contributed by atoms with Crippen molar-refractivity contribution in [2.75, 3.05) is 20.1 Å². The third kappa shape index (κ3) is 2.98. The van der Waals surface area contributed by atoms with Crippen LogP contribution in [0.1, 0.15) is 30.8 Å². The van der Waals surface area contributed by atoms with Crippen LogP contribution in [-0.4, -0.2) is 80.0 Å². The Morgan fingerprint density at radius 3 is 2.39 bits per heavy atom. The van der Waals surface area contributed by atoms with Crippen molar-refractivity contribution in [1.82, 2.24) is 19.6 Å². The lowest BCUT2D eigenvalue weighted by molar-refractivity contribution is -0.543. The Morgan fingerprint density at radius 1 is 1.25 bits per heavy atom. The van der Waals surface area contributed by atoms with Crippen molar-refractivity contribution in [3.05, 3.63) is 17.0 Å². The van der Waals surface area contributed by atoms with E-state index in [-0.39, 0.29) is 5.92 Å². The van der Waals surface area contributed by atoms with Gasteiger partial charge in [0.1, 0.15) is 12.2 Å². The summed E-state index contributed by atoms with van der Waals surface area (Å²) in [6, 6.07) is -1.42. The first-order valence-electron chi connectivity index (χ1n) is 9.17. The lowest BCUT2D eigenvalue weighted by Gasteiger charge is -2.33. The minimum absolute atomic E-state index is 0.225. The quantitative estimate of drug-likeness (QED) is 0.721. The molecule has 4 amide bonds. The Bertz CT molecular complexity index is 941. The maximum Gasteiger partial charge on any atom is 0.421 e. The van der Waals surface area contributed by atoms with E-state index >= 15 is 0 Å². The first kappa shape index (κ1) is 19.7. The zero-order chi connectivity index (χ0) is 20.9. The second-order valence-electron chi connectivity index (χ2n) is 7.66. The number of hydrogen-bond acceptors (Lipinski definition) is 5. The van der Waals surface area contributed by atoms with Gasteiger partial charge >= 0.3 is 12.0 Å². The van der Waals surface area contributed by atoms with Gasteiger partial charge < -0.3 is 5.73 Å². The van der Waals surface area contributed by atoms with Crippen LogP contribution < -0.4 is 5.73 Å². The highest BCUT2D eigenvalue weighted by Gasteiger charge is 2.53. The van der Waals surface area contributed by atoms with E-state index in [1.54, 1.807) is 4.68 Å². The number of aryl methyl sites for hydroxylation is 1. The van der Waals surface area contributed by atoms with Crippen molar-refractivity contribution >= 4 is 29.6 Å². The molecule has 28 heavy (non-hydrogen) atoms. The molecule has 3 heterocycles. The number of aliphatic imine (C=N–C) groups is 1. The van der Waals surface area contributed by atoms with Crippen LogP contribution in [0, 0.1) is 26.7 Å². The van der Waals surface area contributed by atoms with Crippen LogP contribution in [0.2, 0.25) is 0 Å². The van der Waals surface area contributed by atoms with Crippen LogP contribution in [-0.2, 0) is 9.59 Å². The summed E-state index contributed by atoms with van der Waals surface area (Å²) in [5, 5.41) is 4.57. The second-order valence-corrected chi connectivity index (χ2v) is 7.66. The molecule has 10 heteroatoms. The number of carbonyl (C=O) groups is 3. The van der Waals surface area contributed by atoms with Gasteiger partial charge in [0.2, 0.25) is 17.8 Å². The third-order valence-corrected chi connectivity index (χ3v) is 5.11. The van der Waals surface area contributed by atoms with Crippen molar-refractivity contribution in [2.24, 2.45) is 16.6 Å². The molecule has 1 unspecified atom stereocenters. The fourth-order valence-electron chi connectivity index (χ4n) is 3.47. The van der Waals surface area contributed by atoms with Gasteiger partial charge in [0.15, 0.2) is 0 Å². The molecule has 10 nitrogen and oxygen atoms in total. The summed E-state index contributed by atoms with van der Waals surface area (Å²) in [6.45, 7) is 9.96. The molecule has 2 aliphatic heterocycles. The van der Waals surface area contributed by atoms with E-state index in [0.29, 0.717) is 18.3 Å². The predicted octanol–water partition coefficient (Wildman–Crippen LogP) is -0.159. The lowest BCUT2D eigenvalue weighted by atomic mass is 10.1. The fraction of sp³-hybridized carbons (Fsp3) is 0.556. The highest BCUT2D eigenvalue weighted by molar-refractivity contribution is 6.23. The standard InChI is InChI=1S/C18H25N7O3/c1-9(2)7-23-14-15(20-17(23)25-12(5)10(3)11(4)21-25)22(6)18(28)24(16(14)27)8-13(19)26/h9,14H,7-8H2,1-6H3,(H-,19,26)/p+1. The number of hydrogen-bond donors (Lipinski definition) is 1. The number of rotatable bonds is 4. The number of fused-ring (bicyclic) bond motifs is 1. The monoisotopic (exact) mass is 388 g/mol. The molecular weight excluding hydrogens is 362 g/mol. The Morgan fingerprint density at radius 2 is 1.89 bits per heavy atom. The van der Waals surface area contributed by atoms with Crippen molar-refractivity contribution in [3.63, 3.8) is 0 Å². The van der Waals surface area contributed by atoms with E-state index in [1.807, 2.05) is 39.2 Å². The summed E-state index contributed by atoms with van der Waals surface area (Å²) in [6.07, 6.45) is 0. The zero-order valence-corrected chi connectivity index (χ0v) is 17.1. The molecule has 1 fully saturated rings. The molecule has 1 atom stereocenters. The fourth-order valence-corrected chi connectivity index (χ4v) is 3.47. The Labute approximate surface area is 163 Å². The molecule has 3 rings (SSSR count). The maximum absolute atomic E-state index is 13.1. The molecule has 2 N–H and O–H groups in total. The molecule has 0 aromatic carbocycles. The van der Waals surface area contributed by atoms with E-state index in [9.17, 15) is 14.4 Å². The van der Waals surface area contributed by atoms with Gasteiger partial charge in [0.25, 0.3) is 5.91 Å². The SMILES string of the molecule is Cc1nn(C2=[N+](CC(C)C)C3C(=O)N(CC(N)=O)C(=O)N(C)C3=N2)c(C)c1C. The summed E-state index contributed by atoms with van der Waals surface area (Å²) in [5.41, 5.74) is 8.06.